The van der Waals surface area contributed by atoms with Crippen molar-refractivity contribution in [3.63, 3.8) is 0 Å². The van der Waals surface area contributed by atoms with Crippen LogP contribution in [0.1, 0.15) is 62.5 Å². The molecule has 2 aliphatic heterocycles. The predicted molar refractivity (Wildman–Crippen MR) is 182 cm³/mol. The molecule has 7 rings (SSSR count). The first kappa shape index (κ1) is 29.6. The van der Waals surface area contributed by atoms with E-state index < -0.39 is 0 Å². The van der Waals surface area contributed by atoms with Gasteiger partial charge in [-0.15, -0.1) is 11.3 Å². The minimum absolute atomic E-state index is 0.313. The number of hydrogen-bond donors (Lipinski definition) is 0. The number of hydrogen-bond acceptors (Lipinski definition) is 6. The number of likely N-dealkylation sites (tertiary alicyclic amines) is 2. The Morgan fingerprint density at radius 1 is 0.750 bits per heavy atom. The first-order chi connectivity index (χ1) is 21.7. The molecule has 6 heteroatoms. The second-order valence-electron chi connectivity index (χ2n) is 12.8. The Hall–Kier alpha value is -3.06. The Morgan fingerprint density at radius 2 is 1.48 bits per heavy atom. The van der Waals surface area contributed by atoms with E-state index in [4.69, 9.17) is 14.2 Å². The molecule has 3 aromatic carbocycles. The first-order valence-corrected chi connectivity index (χ1v) is 17.6. The maximum absolute atomic E-state index is 6.62. The topological polar surface area (TPSA) is 34.2 Å². The lowest BCUT2D eigenvalue weighted by atomic mass is 9.98. The van der Waals surface area contributed by atoms with Crippen LogP contribution in [0, 0.1) is 0 Å². The highest BCUT2D eigenvalue weighted by Crippen LogP contribution is 2.42. The van der Waals surface area contributed by atoms with Crippen molar-refractivity contribution in [3.05, 3.63) is 77.9 Å². The van der Waals surface area contributed by atoms with Gasteiger partial charge in [-0.25, -0.2) is 0 Å². The van der Waals surface area contributed by atoms with E-state index in [0.29, 0.717) is 12.1 Å². The van der Waals surface area contributed by atoms with E-state index in [9.17, 15) is 0 Å². The normalized spacial score (nSPS) is 21.2. The number of fused-ring (bicyclic) bond motifs is 1. The second kappa shape index (κ2) is 13.9. The van der Waals surface area contributed by atoms with Gasteiger partial charge in [-0.2, -0.15) is 0 Å². The van der Waals surface area contributed by atoms with Gasteiger partial charge in [0.15, 0.2) is 0 Å². The quantitative estimate of drug-likeness (QED) is 0.170. The molecule has 1 aliphatic carbocycles. The molecule has 2 saturated heterocycles. The summed E-state index contributed by atoms with van der Waals surface area (Å²) >= 11 is 1.85. The van der Waals surface area contributed by atoms with Crippen molar-refractivity contribution in [2.24, 2.45) is 0 Å². The van der Waals surface area contributed by atoms with Crippen LogP contribution in [0.5, 0.6) is 17.2 Å². The number of nitrogens with zero attached hydrogens (tertiary/aromatic N) is 2. The summed E-state index contributed by atoms with van der Waals surface area (Å²) in [5.74, 6) is 2.84. The van der Waals surface area contributed by atoms with Crippen LogP contribution in [-0.2, 0) is 6.42 Å². The molecular weight excluding hydrogens is 564 g/mol. The van der Waals surface area contributed by atoms with Crippen LogP contribution in [0.25, 0.3) is 20.5 Å². The summed E-state index contributed by atoms with van der Waals surface area (Å²) in [4.78, 5) is 6.50. The van der Waals surface area contributed by atoms with Crippen LogP contribution in [0.15, 0.2) is 66.7 Å². The van der Waals surface area contributed by atoms with E-state index in [-0.39, 0.29) is 0 Å². The van der Waals surface area contributed by atoms with Crippen molar-refractivity contribution in [2.45, 2.75) is 69.9 Å². The minimum Gasteiger partial charge on any atom is -0.497 e. The molecule has 0 N–H and O–H groups in total. The summed E-state index contributed by atoms with van der Waals surface area (Å²) in [6.45, 7) is 6.64. The van der Waals surface area contributed by atoms with Crippen LogP contribution in [-0.4, -0.2) is 68.4 Å². The summed E-state index contributed by atoms with van der Waals surface area (Å²) in [6.07, 6.45) is 11.6. The van der Waals surface area contributed by atoms with Gasteiger partial charge in [-0.05, 0) is 154 Å². The fourth-order valence-corrected chi connectivity index (χ4v) is 8.70. The molecule has 0 radical (unpaired) electrons. The van der Waals surface area contributed by atoms with E-state index >= 15 is 0 Å². The summed E-state index contributed by atoms with van der Waals surface area (Å²) in [6, 6.07) is 24.6. The summed E-state index contributed by atoms with van der Waals surface area (Å²) < 4.78 is 19.5. The lowest BCUT2D eigenvalue weighted by molar-refractivity contribution is 0.0739. The monoisotopic (exact) mass is 610 g/mol. The van der Waals surface area contributed by atoms with Gasteiger partial charge < -0.3 is 14.2 Å². The zero-order chi connectivity index (χ0) is 29.7. The molecule has 3 heterocycles. The van der Waals surface area contributed by atoms with Crippen molar-refractivity contribution in [2.75, 3.05) is 46.4 Å². The third kappa shape index (κ3) is 6.78. The third-order valence-electron chi connectivity index (χ3n) is 9.86. The maximum Gasteiger partial charge on any atom is 0.120 e. The van der Waals surface area contributed by atoms with Gasteiger partial charge in [-0.3, -0.25) is 9.80 Å². The molecule has 232 valence electrons. The van der Waals surface area contributed by atoms with Crippen LogP contribution < -0.4 is 14.2 Å². The average Bonchev–Trinajstić information content (AvgIpc) is 3.84. The van der Waals surface area contributed by atoms with Gasteiger partial charge >= 0.3 is 0 Å². The second-order valence-corrected chi connectivity index (χ2v) is 13.8. The third-order valence-corrected chi connectivity index (χ3v) is 11.1. The Balaban J connectivity index is 1.07. The number of benzene rings is 3. The van der Waals surface area contributed by atoms with E-state index in [1.165, 1.54) is 109 Å². The number of ether oxygens (including phenoxy) is 3. The lowest BCUT2D eigenvalue weighted by Crippen LogP contribution is -2.45. The van der Waals surface area contributed by atoms with Gasteiger partial charge in [0.2, 0.25) is 0 Å². The van der Waals surface area contributed by atoms with Gasteiger partial charge in [0, 0.05) is 22.2 Å². The fraction of sp³-hybridized carbons (Fsp3) is 0.474. The first-order valence-electron chi connectivity index (χ1n) is 16.8. The zero-order valence-corrected chi connectivity index (χ0v) is 27.0. The summed E-state index contributed by atoms with van der Waals surface area (Å²) in [5.41, 5.74) is 3.90. The average molecular weight is 611 g/mol. The summed E-state index contributed by atoms with van der Waals surface area (Å²) in [7, 11) is 1.74. The molecule has 0 unspecified atom stereocenters. The molecule has 2 atom stereocenters. The SMILES string of the molecule is COc1ccc2c(Cc3ccc(O[C@@H]4CCC[C@H]4N4CCCCC4)cc3)c(-c3ccc(OCCN4CCCC4)cc3)sc2c1. The molecule has 0 amide bonds. The van der Waals surface area contributed by atoms with Crippen molar-refractivity contribution >= 4 is 21.4 Å². The van der Waals surface area contributed by atoms with E-state index in [1.807, 2.05) is 11.3 Å². The van der Waals surface area contributed by atoms with Gasteiger partial charge in [0.05, 0.1) is 7.11 Å². The highest BCUT2D eigenvalue weighted by molar-refractivity contribution is 7.22. The number of thiophene rings is 1. The number of piperidine rings is 1. The van der Waals surface area contributed by atoms with Gasteiger partial charge in [0.1, 0.15) is 30.0 Å². The predicted octanol–water partition coefficient (Wildman–Crippen LogP) is 8.43. The maximum atomic E-state index is 6.62. The van der Waals surface area contributed by atoms with Gasteiger partial charge in [-0.1, -0.05) is 18.6 Å². The fourth-order valence-electron chi connectivity index (χ4n) is 7.44. The van der Waals surface area contributed by atoms with Crippen LogP contribution >= 0.6 is 11.3 Å². The lowest BCUT2D eigenvalue weighted by Gasteiger charge is -2.35. The molecular formula is C38H46N2O3S. The number of methoxy groups -OCH3 is 1. The zero-order valence-electron chi connectivity index (χ0n) is 26.1. The highest BCUT2D eigenvalue weighted by atomic mass is 32.1. The standard InChI is InChI=1S/C38H46N2O3S/c1-41-32-18-19-33-34(26-28-10-14-31(15-11-28)43-36-9-7-8-35(36)40-22-3-2-4-23-40)38(44-37(33)27-32)29-12-16-30(17-13-29)42-25-24-39-20-5-6-21-39/h10-19,27,35-36H,2-9,20-26H2,1H3/t35-,36-/m1/s1. The van der Waals surface area contributed by atoms with E-state index in [0.717, 1.165) is 36.8 Å². The van der Waals surface area contributed by atoms with Gasteiger partial charge in [0.25, 0.3) is 0 Å². The van der Waals surface area contributed by atoms with Crippen molar-refractivity contribution < 1.29 is 14.2 Å². The smallest absolute Gasteiger partial charge is 0.120 e. The molecule has 1 saturated carbocycles. The van der Waals surface area contributed by atoms with E-state index in [2.05, 4.69) is 76.5 Å². The minimum atomic E-state index is 0.313. The van der Waals surface area contributed by atoms with E-state index in [1.54, 1.807) is 7.11 Å². The van der Waals surface area contributed by atoms with Crippen molar-refractivity contribution in [3.8, 4) is 27.7 Å². The van der Waals surface area contributed by atoms with Crippen LogP contribution in [0.2, 0.25) is 0 Å². The molecule has 5 nitrogen and oxygen atoms in total. The van der Waals surface area contributed by atoms with Crippen LogP contribution in [0.4, 0.5) is 0 Å². The molecule has 1 aromatic heterocycles. The molecule has 0 spiro atoms. The molecule has 0 bridgehead atoms. The summed E-state index contributed by atoms with van der Waals surface area (Å²) in [5, 5.41) is 1.30. The van der Waals surface area contributed by atoms with Crippen LogP contribution in [0.3, 0.4) is 0 Å². The Bertz CT molecular complexity index is 1500. The highest BCUT2D eigenvalue weighted by Gasteiger charge is 2.34. The largest absolute Gasteiger partial charge is 0.497 e. The molecule has 4 aromatic rings. The van der Waals surface area contributed by atoms with Crippen molar-refractivity contribution in [1.29, 1.82) is 0 Å². The van der Waals surface area contributed by atoms with Crippen molar-refractivity contribution in [1.82, 2.24) is 9.80 Å². The number of rotatable bonds is 11. The molecule has 3 fully saturated rings. The Labute approximate surface area is 266 Å². The molecule has 3 aliphatic rings. The molecule has 44 heavy (non-hydrogen) atoms. The Kier molecular flexibility index (Phi) is 9.38. The Morgan fingerprint density at radius 3 is 2.25 bits per heavy atom.